The van der Waals surface area contributed by atoms with Crippen molar-refractivity contribution in [1.82, 2.24) is 9.88 Å². The number of nitrogens with zero attached hydrogens (tertiary/aromatic N) is 2. The van der Waals surface area contributed by atoms with Crippen LogP contribution in [0.4, 0.5) is 0 Å². The average molecular weight is 390 g/mol. The first-order valence-corrected chi connectivity index (χ1v) is 9.81. The highest BCUT2D eigenvalue weighted by Crippen LogP contribution is 2.34. The monoisotopic (exact) mass is 390 g/mol. The third-order valence-electron chi connectivity index (χ3n) is 5.48. The molecule has 0 saturated carbocycles. The second-order valence-corrected chi connectivity index (χ2v) is 7.59. The molecular weight excluding hydrogens is 368 g/mol. The van der Waals surface area contributed by atoms with Crippen LogP contribution in [0, 0.1) is 13.8 Å². The van der Waals surface area contributed by atoms with E-state index in [0.29, 0.717) is 11.3 Å². The Morgan fingerprint density at radius 2 is 1.86 bits per heavy atom. The van der Waals surface area contributed by atoms with Gasteiger partial charge in [0, 0.05) is 48.2 Å². The Hall–Kier alpha value is -2.96. The molecule has 1 saturated heterocycles. The molecular formula is C23H22N2O4. The van der Waals surface area contributed by atoms with Gasteiger partial charge in [-0.05, 0) is 37.1 Å². The third kappa shape index (κ3) is 3.34. The minimum absolute atomic E-state index is 0.387. The van der Waals surface area contributed by atoms with Crippen molar-refractivity contribution < 1.29 is 13.6 Å². The van der Waals surface area contributed by atoms with E-state index in [2.05, 4.69) is 9.88 Å². The highest BCUT2D eigenvalue weighted by molar-refractivity contribution is 5.95. The molecule has 29 heavy (non-hydrogen) atoms. The van der Waals surface area contributed by atoms with Gasteiger partial charge in [0.2, 0.25) is 0 Å². The Kier molecular flexibility index (Phi) is 4.45. The number of pyridine rings is 1. The number of hydrogen-bond acceptors (Lipinski definition) is 6. The van der Waals surface area contributed by atoms with Crippen LogP contribution in [0.1, 0.15) is 16.8 Å². The number of hydrogen-bond donors (Lipinski definition) is 0. The van der Waals surface area contributed by atoms with Gasteiger partial charge >= 0.3 is 5.63 Å². The molecule has 0 atom stereocenters. The summed E-state index contributed by atoms with van der Waals surface area (Å²) in [6, 6.07) is 9.37. The topological polar surface area (TPSA) is 68.7 Å². The summed E-state index contributed by atoms with van der Waals surface area (Å²) >= 11 is 0. The van der Waals surface area contributed by atoms with Gasteiger partial charge in [-0.25, -0.2) is 4.79 Å². The van der Waals surface area contributed by atoms with Gasteiger partial charge in [0.25, 0.3) is 0 Å². The maximum absolute atomic E-state index is 12.2. The molecule has 0 radical (unpaired) electrons. The van der Waals surface area contributed by atoms with E-state index in [1.54, 1.807) is 0 Å². The van der Waals surface area contributed by atoms with Crippen LogP contribution >= 0.6 is 0 Å². The predicted octanol–water partition coefficient (Wildman–Crippen LogP) is 4.05. The normalized spacial score (nSPS) is 15.4. The van der Waals surface area contributed by atoms with Gasteiger partial charge in [0.15, 0.2) is 5.58 Å². The molecule has 4 heterocycles. The first kappa shape index (κ1) is 18.1. The highest BCUT2D eigenvalue weighted by atomic mass is 16.5. The number of aryl methyl sites for hydroxylation is 2. The molecule has 1 aliphatic heterocycles. The molecule has 0 spiro atoms. The van der Waals surface area contributed by atoms with Crippen molar-refractivity contribution >= 4 is 21.9 Å². The fourth-order valence-electron chi connectivity index (χ4n) is 3.93. The summed E-state index contributed by atoms with van der Waals surface area (Å²) in [6.45, 7) is 8.03. The molecule has 1 fully saturated rings. The molecule has 0 amide bonds. The Morgan fingerprint density at radius 3 is 2.69 bits per heavy atom. The molecule has 0 N–H and O–H groups in total. The summed E-state index contributed by atoms with van der Waals surface area (Å²) < 4.78 is 17.1. The number of furan rings is 1. The van der Waals surface area contributed by atoms with Crippen LogP contribution in [0.15, 0.2) is 50.2 Å². The third-order valence-corrected chi connectivity index (χ3v) is 5.48. The number of morpholine rings is 1. The quantitative estimate of drug-likeness (QED) is 0.492. The van der Waals surface area contributed by atoms with Gasteiger partial charge in [-0.15, -0.1) is 0 Å². The molecule has 5 rings (SSSR count). The molecule has 148 valence electrons. The zero-order valence-corrected chi connectivity index (χ0v) is 16.5. The SMILES string of the molecule is Cc1ccc2c(-c3cc4c(CN5CCOCC5)cnc(C)c4o3)cc(=O)oc2c1. The van der Waals surface area contributed by atoms with Gasteiger partial charge in [-0.3, -0.25) is 9.88 Å². The van der Waals surface area contributed by atoms with Gasteiger partial charge < -0.3 is 13.6 Å². The first-order valence-electron chi connectivity index (χ1n) is 9.81. The standard InChI is InChI=1S/C23H22N2O4/c1-14-3-4-17-19(11-22(26)28-20(17)9-14)21-10-18-16(12-24-15(2)23(18)29-21)13-25-5-7-27-8-6-25/h3-4,9-12H,5-8,13H2,1-2H3. The van der Waals surface area contributed by atoms with Crippen molar-refractivity contribution in [2.45, 2.75) is 20.4 Å². The molecule has 4 aromatic rings. The van der Waals surface area contributed by atoms with E-state index in [-0.39, 0.29) is 5.63 Å². The summed E-state index contributed by atoms with van der Waals surface area (Å²) in [5, 5.41) is 1.89. The largest absolute Gasteiger partial charge is 0.454 e. The van der Waals surface area contributed by atoms with Crippen molar-refractivity contribution in [2.24, 2.45) is 0 Å². The van der Waals surface area contributed by atoms with Crippen LogP contribution in [-0.4, -0.2) is 36.2 Å². The van der Waals surface area contributed by atoms with E-state index < -0.39 is 0 Å². The lowest BCUT2D eigenvalue weighted by Crippen LogP contribution is -2.35. The van der Waals surface area contributed by atoms with Crippen molar-refractivity contribution in [3.63, 3.8) is 0 Å². The molecule has 1 aromatic carbocycles. The lowest BCUT2D eigenvalue weighted by molar-refractivity contribution is 0.0343. The van der Waals surface area contributed by atoms with Crippen LogP contribution in [-0.2, 0) is 11.3 Å². The summed E-state index contributed by atoms with van der Waals surface area (Å²) in [4.78, 5) is 19.1. The smallest absolute Gasteiger partial charge is 0.336 e. The van der Waals surface area contributed by atoms with E-state index in [0.717, 1.165) is 71.6 Å². The second kappa shape index (κ2) is 7.13. The zero-order valence-electron chi connectivity index (χ0n) is 16.5. The maximum Gasteiger partial charge on any atom is 0.336 e. The van der Waals surface area contributed by atoms with E-state index in [1.807, 2.05) is 44.3 Å². The van der Waals surface area contributed by atoms with Crippen LogP contribution in [0.3, 0.4) is 0 Å². The number of ether oxygens (including phenoxy) is 1. The molecule has 1 aliphatic rings. The predicted molar refractivity (Wildman–Crippen MR) is 111 cm³/mol. The van der Waals surface area contributed by atoms with E-state index >= 15 is 0 Å². The lowest BCUT2D eigenvalue weighted by Gasteiger charge is -2.26. The van der Waals surface area contributed by atoms with Crippen LogP contribution in [0.5, 0.6) is 0 Å². The minimum atomic E-state index is -0.387. The molecule has 6 heteroatoms. The average Bonchev–Trinajstić information content (AvgIpc) is 3.16. The Morgan fingerprint density at radius 1 is 1.03 bits per heavy atom. The number of benzene rings is 1. The molecule has 0 aliphatic carbocycles. The van der Waals surface area contributed by atoms with Crippen molar-refractivity contribution in [3.8, 4) is 11.3 Å². The van der Waals surface area contributed by atoms with Crippen molar-refractivity contribution in [1.29, 1.82) is 0 Å². The Labute approximate surface area is 167 Å². The van der Waals surface area contributed by atoms with Crippen LogP contribution in [0.2, 0.25) is 0 Å². The fraction of sp³-hybridized carbons (Fsp3) is 0.304. The molecule has 0 unspecified atom stereocenters. The van der Waals surface area contributed by atoms with Gasteiger partial charge in [0.05, 0.1) is 18.9 Å². The second-order valence-electron chi connectivity index (χ2n) is 7.59. The lowest BCUT2D eigenvalue weighted by atomic mass is 10.1. The minimum Gasteiger partial charge on any atom is -0.454 e. The molecule has 0 bridgehead atoms. The molecule has 3 aromatic heterocycles. The van der Waals surface area contributed by atoms with Crippen LogP contribution in [0.25, 0.3) is 33.3 Å². The van der Waals surface area contributed by atoms with E-state index in [4.69, 9.17) is 13.6 Å². The summed E-state index contributed by atoms with van der Waals surface area (Å²) in [6.07, 6.45) is 1.92. The number of aromatic nitrogens is 1. The number of rotatable bonds is 3. The van der Waals surface area contributed by atoms with Gasteiger partial charge in [-0.2, -0.15) is 0 Å². The highest BCUT2D eigenvalue weighted by Gasteiger charge is 2.18. The number of fused-ring (bicyclic) bond motifs is 2. The van der Waals surface area contributed by atoms with Crippen molar-refractivity contribution in [3.05, 3.63) is 63.8 Å². The first-order chi connectivity index (χ1) is 14.1. The maximum atomic E-state index is 12.2. The summed E-state index contributed by atoms with van der Waals surface area (Å²) in [5.41, 5.74) is 4.67. The van der Waals surface area contributed by atoms with Crippen LogP contribution < -0.4 is 5.63 Å². The Bertz CT molecular complexity index is 1270. The molecule has 6 nitrogen and oxygen atoms in total. The van der Waals surface area contributed by atoms with Gasteiger partial charge in [0.1, 0.15) is 11.3 Å². The van der Waals surface area contributed by atoms with Crippen molar-refractivity contribution in [2.75, 3.05) is 26.3 Å². The Balaban J connectivity index is 1.65. The summed E-state index contributed by atoms with van der Waals surface area (Å²) in [7, 11) is 0. The summed E-state index contributed by atoms with van der Waals surface area (Å²) in [5.74, 6) is 0.654. The fourth-order valence-corrected chi connectivity index (χ4v) is 3.93. The van der Waals surface area contributed by atoms with E-state index in [1.165, 1.54) is 6.07 Å². The van der Waals surface area contributed by atoms with Gasteiger partial charge in [-0.1, -0.05) is 12.1 Å². The van der Waals surface area contributed by atoms with E-state index in [9.17, 15) is 4.79 Å². The zero-order chi connectivity index (χ0) is 20.0.